The molecule has 0 amide bonds. The molecule has 1 aliphatic carbocycles. The van der Waals surface area contributed by atoms with Crippen LogP contribution in [0.25, 0.3) is 0 Å². The molecule has 0 aromatic heterocycles. The maximum Gasteiger partial charge on any atom is 0.115 e. The zero-order valence-electron chi connectivity index (χ0n) is 10.2. The lowest BCUT2D eigenvalue weighted by Gasteiger charge is -2.32. The number of phenols is 1. The molecule has 94 valence electrons. The van der Waals surface area contributed by atoms with Gasteiger partial charge < -0.3 is 10.0 Å². The van der Waals surface area contributed by atoms with Crippen LogP contribution < -0.4 is 0 Å². The topological polar surface area (TPSA) is 23.5 Å². The van der Waals surface area contributed by atoms with E-state index in [0.29, 0.717) is 11.2 Å². The van der Waals surface area contributed by atoms with Crippen LogP contribution in [0.2, 0.25) is 0 Å². The first kappa shape index (κ1) is 12.7. The number of likely N-dealkylation sites (N-methyl/N-ethyl adjacent to an activating group) is 1. The molecule has 2 unspecified atom stereocenters. The van der Waals surface area contributed by atoms with Crippen LogP contribution in [-0.4, -0.2) is 29.6 Å². The maximum absolute atomic E-state index is 9.62. The second kappa shape index (κ2) is 4.51. The first-order valence-corrected chi connectivity index (χ1v) is 6.19. The summed E-state index contributed by atoms with van der Waals surface area (Å²) in [6.45, 7) is 1.15. The quantitative estimate of drug-likeness (QED) is 0.832. The van der Waals surface area contributed by atoms with E-state index in [2.05, 4.69) is 18.0 Å². The largest absolute Gasteiger partial charge is 0.508 e. The summed E-state index contributed by atoms with van der Waals surface area (Å²) in [4.78, 5) is 2.50. The van der Waals surface area contributed by atoms with Gasteiger partial charge in [-0.05, 0) is 44.0 Å². The summed E-state index contributed by atoms with van der Waals surface area (Å²) in [5.74, 6) is 0.406. The number of nitrogens with zero attached hydrogens (tertiary/aromatic N) is 1. The molecule has 0 radical (unpaired) electrons. The van der Waals surface area contributed by atoms with Gasteiger partial charge in [-0.2, -0.15) is 0 Å². The highest BCUT2D eigenvalue weighted by Crippen LogP contribution is 2.47. The molecule has 0 spiro atoms. The molecule has 1 aromatic rings. The fourth-order valence-electron chi connectivity index (χ4n) is 3.65. The first-order chi connectivity index (χ1) is 7.70. The summed E-state index contributed by atoms with van der Waals surface area (Å²) in [5, 5.41) is 9.62. The molecule has 1 heterocycles. The Kier molecular flexibility index (Phi) is 3.37. The highest BCUT2D eigenvalue weighted by Gasteiger charge is 2.45. The van der Waals surface area contributed by atoms with Gasteiger partial charge in [0.25, 0.3) is 0 Å². The van der Waals surface area contributed by atoms with Gasteiger partial charge in [-0.15, -0.1) is 12.4 Å². The van der Waals surface area contributed by atoms with Crippen molar-refractivity contribution in [1.82, 2.24) is 4.90 Å². The summed E-state index contributed by atoms with van der Waals surface area (Å²) in [6.07, 6.45) is 5.21. The molecule has 17 heavy (non-hydrogen) atoms. The van der Waals surface area contributed by atoms with Crippen molar-refractivity contribution in [3.05, 3.63) is 29.8 Å². The molecule has 1 aliphatic heterocycles. The van der Waals surface area contributed by atoms with E-state index in [9.17, 15) is 5.11 Å². The van der Waals surface area contributed by atoms with Crippen LogP contribution in [0.1, 0.15) is 31.2 Å². The van der Waals surface area contributed by atoms with E-state index in [1.54, 1.807) is 6.07 Å². The van der Waals surface area contributed by atoms with Crippen LogP contribution in [0, 0.1) is 0 Å². The lowest BCUT2D eigenvalue weighted by molar-refractivity contribution is 0.294. The summed E-state index contributed by atoms with van der Waals surface area (Å²) >= 11 is 0. The Balaban J connectivity index is 0.00000108. The number of likely N-dealkylation sites (tertiary alicyclic amines) is 1. The first-order valence-electron chi connectivity index (χ1n) is 6.19. The molecule has 3 heteroatoms. The molecule has 2 bridgehead atoms. The van der Waals surface area contributed by atoms with Gasteiger partial charge >= 0.3 is 0 Å². The van der Waals surface area contributed by atoms with E-state index in [-0.39, 0.29) is 12.4 Å². The van der Waals surface area contributed by atoms with Gasteiger partial charge in [0.05, 0.1) is 0 Å². The molecule has 1 aromatic carbocycles. The van der Waals surface area contributed by atoms with E-state index in [1.807, 2.05) is 12.1 Å². The predicted octanol–water partition coefficient (Wildman–Crippen LogP) is 2.94. The lowest BCUT2D eigenvalue weighted by atomic mass is 9.71. The number of hydrogen-bond acceptors (Lipinski definition) is 2. The van der Waals surface area contributed by atoms with Crippen LogP contribution in [0.3, 0.4) is 0 Å². The average Bonchev–Trinajstić information content (AvgIpc) is 2.51. The molecule has 1 saturated heterocycles. The Hall–Kier alpha value is -0.730. The van der Waals surface area contributed by atoms with Crippen LogP contribution >= 0.6 is 12.4 Å². The summed E-state index contributed by atoms with van der Waals surface area (Å²) in [7, 11) is 2.24. The Morgan fingerprint density at radius 1 is 1.41 bits per heavy atom. The lowest BCUT2D eigenvalue weighted by Crippen LogP contribution is -2.29. The standard InChI is InChI=1S/C14H19NO.ClH/c1-15-10-14(7-3-5-12(15)9-14)11-4-2-6-13(16)8-11;/h2,4,6,8,12,16H,3,5,7,9-10H2,1H3;1H. The van der Waals surface area contributed by atoms with Gasteiger partial charge in [0.1, 0.15) is 5.75 Å². The Bertz CT molecular complexity index is 405. The van der Waals surface area contributed by atoms with Crippen molar-refractivity contribution in [3.8, 4) is 5.75 Å². The monoisotopic (exact) mass is 253 g/mol. The number of aromatic hydroxyl groups is 1. The van der Waals surface area contributed by atoms with Crippen LogP contribution in [0.4, 0.5) is 0 Å². The SMILES string of the molecule is CN1CC2(c3cccc(O)c3)CCCC1C2.Cl. The van der Waals surface area contributed by atoms with Crippen molar-refractivity contribution in [2.75, 3.05) is 13.6 Å². The van der Waals surface area contributed by atoms with Gasteiger partial charge in [0, 0.05) is 18.0 Å². The van der Waals surface area contributed by atoms with Gasteiger partial charge in [0.15, 0.2) is 0 Å². The molecule has 2 fully saturated rings. The number of benzene rings is 1. The Morgan fingerprint density at radius 2 is 2.24 bits per heavy atom. The highest BCUT2D eigenvalue weighted by atomic mass is 35.5. The number of rotatable bonds is 1. The van der Waals surface area contributed by atoms with Crippen LogP contribution in [-0.2, 0) is 5.41 Å². The number of hydrogen-bond donors (Lipinski definition) is 1. The van der Waals surface area contributed by atoms with Crippen molar-refractivity contribution in [2.24, 2.45) is 0 Å². The maximum atomic E-state index is 9.62. The van der Waals surface area contributed by atoms with Crippen molar-refractivity contribution in [2.45, 2.75) is 37.1 Å². The minimum Gasteiger partial charge on any atom is -0.508 e. The summed E-state index contributed by atoms with van der Waals surface area (Å²) in [5.41, 5.74) is 1.65. The van der Waals surface area contributed by atoms with Crippen molar-refractivity contribution >= 4 is 12.4 Å². The van der Waals surface area contributed by atoms with Gasteiger partial charge in [-0.3, -0.25) is 0 Å². The third kappa shape index (κ3) is 2.04. The number of fused-ring (bicyclic) bond motifs is 2. The zero-order chi connectivity index (χ0) is 11.2. The van der Waals surface area contributed by atoms with E-state index in [0.717, 1.165) is 12.6 Å². The van der Waals surface area contributed by atoms with Gasteiger partial charge in [-0.25, -0.2) is 0 Å². The van der Waals surface area contributed by atoms with E-state index >= 15 is 0 Å². The molecular formula is C14H20ClNO. The average molecular weight is 254 g/mol. The molecule has 2 atom stereocenters. The zero-order valence-corrected chi connectivity index (χ0v) is 11.0. The number of halogens is 1. The van der Waals surface area contributed by atoms with Crippen molar-refractivity contribution in [3.63, 3.8) is 0 Å². The third-order valence-corrected chi connectivity index (χ3v) is 4.45. The molecule has 1 saturated carbocycles. The normalized spacial score (nSPS) is 32.2. The second-order valence-electron chi connectivity index (χ2n) is 5.50. The van der Waals surface area contributed by atoms with E-state index in [1.165, 1.54) is 31.2 Å². The van der Waals surface area contributed by atoms with Crippen molar-refractivity contribution in [1.29, 1.82) is 0 Å². The van der Waals surface area contributed by atoms with E-state index < -0.39 is 0 Å². The van der Waals surface area contributed by atoms with Gasteiger partial charge in [0.2, 0.25) is 0 Å². The summed E-state index contributed by atoms with van der Waals surface area (Å²) < 4.78 is 0. The molecule has 3 rings (SSSR count). The minimum absolute atomic E-state index is 0. The smallest absolute Gasteiger partial charge is 0.115 e. The molecule has 2 nitrogen and oxygen atoms in total. The van der Waals surface area contributed by atoms with Crippen molar-refractivity contribution < 1.29 is 5.11 Å². The predicted molar refractivity (Wildman–Crippen MR) is 71.9 cm³/mol. The van der Waals surface area contributed by atoms with Crippen LogP contribution in [0.15, 0.2) is 24.3 Å². The molecular weight excluding hydrogens is 234 g/mol. The van der Waals surface area contributed by atoms with Crippen LogP contribution in [0.5, 0.6) is 5.75 Å². The van der Waals surface area contributed by atoms with Gasteiger partial charge in [-0.1, -0.05) is 18.6 Å². The second-order valence-corrected chi connectivity index (χ2v) is 5.50. The Labute approximate surface area is 109 Å². The minimum atomic E-state index is 0. The number of phenolic OH excluding ortho intramolecular Hbond substituents is 1. The fourth-order valence-corrected chi connectivity index (χ4v) is 3.65. The highest BCUT2D eigenvalue weighted by molar-refractivity contribution is 5.85. The molecule has 1 N–H and O–H groups in total. The third-order valence-electron chi connectivity index (χ3n) is 4.45. The summed E-state index contributed by atoms with van der Waals surface area (Å²) in [6, 6.07) is 8.64. The fraction of sp³-hybridized carbons (Fsp3) is 0.571. The van der Waals surface area contributed by atoms with E-state index in [4.69, 9.17) is 0 Å². The Morgan fingerprint density at radius 3 is 3.00 bits per heavy atom. The molecule has 2 aliphatic rings.